The minimum Gasteiger partial charge on any atom is -0.481 e. The van der Waals surface area contributed by atoms with Gasteiger partial charge >= 0.3 is 0 Å². The topological polar surface area (TPSA) is 71.7 Å². The summed E-state index contributed by atoms with van der Waals surface area (Å²) in [5, 5.41) is 4.29. The summed E-state index contributed by atoms with van der Waals surface area (Å²) in [6, 6.07) is 3.97. The van der Waals surface area contributed by atoms with Gasteiger partial charge in [-0.05, 0) is 5.56 Å². The van der Waals surface area contributed by atoms with Crippen LogP contribution in [0.4, 0.5) is 5.82 Å². The van der Waals surface area contributed by atoms with Crippen molar-refractivity contribution in [2.75, 3.05) is 38.2 Å². The summed E-state index contributed by atoms with van der Waals surface area (Å²) in [4.78, 5) is 17.5. The van der Waals surface area contributed by atoms with Crippen LogP contribution >= 0.6 is 0 Å². The Labute approximate surface area is 139 Å². The minimum absolute atomic E-state index is 0.650. The molecule has 1 aliphatic rings. The summed E-state index contributed by atoms with van der Waals surface area (Å²) in [6.07, 6.45) is 7.02. The number of rotatable bonds is 4. The fraction of sp³-hybridized carbons (Fsp3) is 0.375. The van der Waals surface area contributed by atoms with E-state index in [1.165, 1.54) is 5.56 Å². The zero-order valence-electron chi connectivity index (χ0n) is 13.5. The molecule has 0 aliphatic carbocycles. The van der Waals surface area contributed by atoms with Crippen molar-refractivity contribution in [1.82, 2.24) is 29.5 Å². The van der Waals surface area contributed by atoms with E-state index in [0.29, 0.717) is 5.88 Å². The van der Waals surface area contributed by atoms with Gasteiger partial charge in [0.1, 0.15) is 6.33 Å². The maximum atomic E-state index is 5.10. The van der Waals surface area contributed by atoms with Crippen molar-refractivity contribution in [3.63, 3.8) is 0 Å². The van der Waals surface area contributed by atoms with Crippen LogP contribution < -0.4 is 9.64 Å². The van der Waals surface area contributed by atoms with Gasteiger partial charge in [0.05, 0.1) is 19.5 Å². The Kier molecular flexibility index (Phi) is 3.96. The largest absolute Gasteiger partial charge is 0.481 e. The van der Waals surface area contributed by atoms with Crippen LogP contribution in [0.3, 0.4) is 0 Å². The molecule has 124 valence electrons. The monoisotopic (exact) mass is 325 g/mol. The van der Waals surface area contributed by atoms with Crippen LogP contribution in [0.2, 0.25) is 0 Å². The van der Waals surface area contributed by atoms with E-state index < -0.39 is 0 Å². The average Bonchev–Trinajstić information content (AvgIpc) is 3.12. The third kappa shape index (κ3) is 2.88. The van der Waals surface area contributed by atoms with Gasteiger partial charge in [0.2, 0.25) is 5.88 Å². The molecule has 4 rings (SSSR count). The van der Waals surface area contributed by atoms with E-state index in [9.17, 15) is 0 Å². The highest BCUT2D eigenvalue weighted by Crippen LogP contribution is 2.17. The van der Waals surface area contributed by atoms with Gasteiger partial charge in [-0.2, -0.15) is 9.61 Å². The average molecular weight is 325 g/mol. The van der Waals surface area contributed by atoms with Crippen molar-refractivity contribution in [3.8, 4) is 5.88 Å². The van der Waals surface area contributed by atoms with Crippen LogP contribution in [0.25, 0.3) is 5.65 Å². The Morgan fingerprint density at radius 1 is 1.04 bits per heavy atom. The lowest BCUT2D eigenvalue weighted by atomic mass is 10.2. The maximum Gasteiger partial charge on any atom is 0.212 e. The first-order valence-corrected chi connectivity index (χ1v) is 7.93. The van der Waals surface area contributed by atoms with Crippen LogP contribution in [0.5, 0.6) is 5.88 Å². The van der Waals surface area contributed by atoms with Crippen molar-refractivity contribution >= 4 is 11.5 Å². The summed E-state index contributed by atoms with van der Waals surface area (Å²) in [6.45, 7) is 4.74. The normalized spacial score (nSPS) is 15.8. The van der Waals surface area contributed by atoms with Crippen LogP contribution in [0, 0.1) is 0 Å². The number of pyridine rings is 1. The van der Waals surface area contributed by atoms with Crippen molar-refractivity contribution in [3.05, 3.63) is 42.6 Å². The smallest absolute Gasteiger partial charge is 0.212 e. The summed E-state index contributed by atoms with van der Waals surface area (Å²) in [5.41, 5.74) is 1.98. The molecule has 0 bridgehead atoms. The van der Waals surface area contributed by atoms with Crippen LogP contribution in [0.1, 0.15) is 5.56 Å². The number of fused-ring (bicyclic) bond motifs is 1. The molecule has 0 N–H and O–H groups in total. The standard InChI is InChI=1S/C16H19N7O/c1-24-15-3-2-13(8-18-15)11-21-4-6-22(7-5-21)16-10-17-9-14-19-12-20-23(14)16/h2-3,8-10,12H,4-7,11H2,1H3. The van der Waals surface area contributed by atoms with Crippen LogP contribution in [-0.4, -0.2) is 62.8 Å². The van der Waals surface area contributed by atoms with E-state index in [1.54, 1.807) is 19.6 Å². The quantitative estimate of drug-likeness (QED) is 0.704. The summed E-state index contributed by atoms with van der Waals surface area (Å²) in [5.74, 6) is 1.65. The molecule has 0 spiro atoms. The molecule has 8 nitrogen and oxygen atoms in total. The van der Waals surface area contributed by atoms with E-state index in [0.717, 1.165) is 44.2 Å². The van der Waals surface area contributed by atoms with Gasteiger partial charge < -0.3 is 9.64 Å². The molecule has 1 aliphatic heterocycles. The second kappa shape index (κ2) is 6.40. The van der Waals surface area contributed by atoms with Gasteiger partial charge in [-0.1, -0.05) is 6.07 Å². The summed E-state index contributed by atoms with van der Waals surface area (Å²) in [7, 11) is 1.63. The lowest BCUT2D eigenvalue weighted by Gasteiger charge is -2.35. The number of hydrogen-bond acceptors (Lipinski definition) is 7. The molecule has 0 amide bonds. The van der Waals surface area contributed by atoms with E-state index in [2.05, 4.69) is 35.9 Å². The van der Waals surface area contributed by atoms with E-state index in [4.69, 9.17) is 4.74 Å². The number of aromatic nitrogens is 5. The lowest BCUT2D eigenvalue weighted by molar-refractivity contribution is 0.248. The first kappa shape index (κ1) is 14.8. The predicted octanol–water partition coefficient (Wildman–Crippen LogP) is 0.850. The molecule has 0 aromatic carbocycles. The zero-order valence-corrected chi connectivity index (χ0v) is 13.5. The van der Waals surface area contributed by atoms with Crippen molar-refractivity contribution in [2.45, 2.75) is 6.54 Å². The molecule has 1 fully saturated rings. The predicted molar refractivity (Wildman–Crippen MR) is 89.1 cm³/mol. The summed E-state index contributed by atoms with van der Waals surface area (Å²) < 4.78 is 6.94. The first-order valence-electron chi connectivity index (χ1n) is 7.93. The zero-order chi connectivity index (χ0) is 16.4. The molecule has 1 saturated heterocycles. The van der Waals surface area contributed by atoms with Gasteiger partial charge in [0.25, 0.3) is 0 Å². The fourth-order valence-corrected chi connectivity index (χ4v) is 2.97. The van der Waals surface area contributed by atoms with E-state index in [1.807, 2.05) is 23.0 Å². The third-order valence-corrected chi connectivity index (χ3v) is 4.28. The third-order valence-electron chi connectivity index (χ3n) is 4.28. The molecule has 8 heteroatoms. The van der Waals surface area contributed by atoms with E-state index >= 15 is 0 Å². The van der Waals surface area contributed by atoms with Crippen molar-refractivity contribution in [2.24, 2.45) is 0 Å². The maximum absolute atomic E-state index is 5.10. The van der Waals surface area contributed by atoms with Crippen molar-refractivity contribution < 1.29 is 4.74 Å². The number of nitrogens with zero attached hydrogens (tertiary/aromatic N) is 7. The molecule has 0 unspecified atom stereocenters. The summed E-state index contributed by atoms with van der Waals surface area (Å²) >= 11 is 0. The second-order valence-electron chi connectivity index (χ2n) is 5.77. The number of methoxy groups -OCH3 is 1. The van der Waals surface area contributed by atoms with Gasteiger partial charge in [0, 0.05) is 45.0 Å². The van der Waals surface area contributed by atoms with Crippen LogP contribution in [-0.2, 0) is 6.54 Å². The molecular formula is C16H19N7O. The highest BCUT2D eigenvalue weighted by molar-refractivity contribution is 5.46. The molecule has 0 saturated carbocycles. The highest BCUT2D eigenvalue weighted by Gasteiger charge is 2.19. The number of anilines is 1. The SMILES string of the molecule is COc1ccc(CN2CCN(c3cncc4ncnn34)CC2)cn1. The van der Waals surface area contributed by atoms with Crippen LogP contribution in [0.15, 0.2) is 37.1 Å². The Balaban J connectivity index is 1.40. The number of ether oxygens (including phenoxy) is 1. The van der Waals surface area contributed by atoms with Gasteiger partial charge in [-0.3, -0.25) is 9.88 Å². The Morgan fingerprint density at radius 3 is 2.67 bits per heavy atom. The molecule has 3 aromatic heterocycles. The van der Waals surface area contributed by atoms with Gasteiger partial charge in [-0.25, -0.2) is 9.97 Å². The Hall–Kier alpha value is -2.74. The molecular weight excluding hydrogens is 306 g/mol. The van der Waals surface area contributed by atoms with Crippen molar-refractivity contribution in [1.29, 1.82) is 0 Å². The molecule has 24 heavy (non-hydrogen) atoms. The van der Waals surface area contributed by atoms with E-state index in [-0.39, 0.29) is 0 Å². The molecule has 4 heterocycles. The van der Waals surface area contributed by atoms with Gasteiger partial charge in [-0.15, -0.1) is 0 Å². The number of hydrogen-bond donors (Lipinski definition) is 0. The minimum atomic E-state index is 0.650. The lowest BCUT2D eigenvalue weighted by Crippen LogP contribution is -2.46. The molecule has 0 atom stereocenters. The second-order valence-corrected chi connectivity index (χ2v) is 5.77. The Morgan fingerprint density at radius 2 is 1.92 bits per heavy atom. The fourth-order valence-electron chi connectivity index (χ4n) is 2.97. The molecule has 3 aromatic rings. The molecule has 0 radical (unpaired) electrons. The van der Waals surface area contributed by atoms with Gasteiger partial charge in [0.15, 0.2) is 11.5 Å². The highest BCUT2D eigenvalue weighted by atomic mass is 16.5. The first-order chi connectivity index (χ1) is 11.8. The number of piperazine rings is 1. The Bertz CT molecular complexity index is 809.